The molecule has 0 saturated carbocycles. The molecule has 2 N–H and O–H groups in total. The number of alkyl halides is 1. The number of aliphatic hydroxyl groups is 2. The molecule has 2 nitrogen and oxygen atoms in total. The van der Waals surface area contributed by atoms with Crippen molar-refractivity contribution in [2.45, 2.75) is 29.5 Å². The van der Waals surface area contributed by atoms with Crippen LogP contribution in [0.5, 0.6) is 0 Å². The number of hydrogen-bond donors (Lipinski definition) is 2. The summed E-state index contributed by atoms with van der Waals surface area (Å²) in [5, 5.41) is 17.8. The van der Waals surface area contributed by atoms with Gasteiger partial charge in [0.15, 0.2) is 6.29 Å². The topological polar surface area (TPSA) is 40.5 Å². The maximum atomic E-state index is 8.90. The van der Waals surface area contributed by atoms with Gasteiger partial charge in [0.25, 0.3) is 0 Å². The van der Waals surface area contributed by atoms with Gasteiger partial charge in [-0.15, -0.1) is 0 Å². The van der Waals surface area contributed by atoms with E-state index < -0.39 is 6.29 Å². The molecule has 0 spiro atoms. The van der Waals surface area contributed by atoms with Crippen molar-refractivity contribution in [3.63, 3.8) is 0 Å². The predicted molar refractivity (Wildman–Crippen MR) is 52.5 cm³/mol. The summed E-state index contributed by atoms with van der Waals surface area (Å²) in [5.41, 5.74) is 0. The van der Waals surface area contributed by atoms with Crippen molar-refractivity contribution in [3.05, 3.63) is 12.2 Å². The molecule has 0 radical (unpaired) electrons. The third-order valence-electron chi connectivity index (χ3n) is 2.04. The SMILES string of the molecule is OC(O)C(I)C1CC=CCC1. The van der Waals surface area contributed by atoms with E-state index in [2.05, 4.69) is 34.7 Å². The summed E-state index contributed by atoms with van der Waals surface area (Å²) in [7, 11) is 0. The average Bonchev–Trinajstić information content (AvgIpc) is 2.05. The highest BCUT2D eigenvalue weighted by Gasteiger charge is 2.23. The van der Waals surface area contributed by atoms with E-state index in [0.29, 0.717) is 5.92 Å². The van der Waals surface area contributed by atoms with Crippen LogP contribution in [0.15, 0.2) is 12.2 Å². The van der Waals surface area contributed by atoms with Crippen molar-refractivity contribution >= 4 is 22.6 Å². The van der Waals surface area contributed by atoms with Crippen LogP contribution in [0.2, 0.25) is 0 Å². The van der Waals surface area contributed by atoms with Gasteiger partial charge in [-0.2, -0.15) is 0 Å². The number of rotatable bonds is 2. The van der Waals surface area contributed by atoms with E-state index >= 15 is 0 Å². The number of hydrogen-bond acceptors (Lipinski definition) is 2. The lowest BCUT2D eigenvalue weighted by atomic mass is 9.91. The van der Waals surface area contributed by atoms with Crippen LogP contribution < -0.4 is 0 Å². The Balaban J connectivity index is 2.40. The molecule has 0 heterocycles. The van der Waals surface area contributed by atoms with Crippen LogP contribution in [0.25, 0.3) is 0 Å². The predicted octanol–water partition coefficient (Wildman–Crippen LogP) is 1.46. The minimum atomic E-state index is -1.16. The average molecular weight is 268 g/mol. The fourth-order valence-electron chi connectivity index (χ4n) is 1.35. The van der Waals surface area contributed by atoms with Crippen molar-refractivity contribution < 1.29 is 10.2 Å². The molecule has 2 atom stereocenters. The Kier molecular flexibility index (Phi) is 3.81. The van der Waals surface area contributed by atoms with Gasteiger partial charge < -0.3 is 10.2 Å². The zero-order valence-corrected chi connectivity index (χ0v) is 8.44. The van der Waals surface area contributed by atoms with Gasteiger partial charge in [0.2, 0.25) is 0 Å². The van der Waals surface area contributed by atoms with Crippen molar-refractivity contribution in [1.82, 2.24) is 0 Å². The highest BCUT2D eigenvalue weighted by atomic mass is 127. The first-order chi connectivity index (χ1) is 5.22. The Morgan fingerprint density at radius 1 is 1.36 bits per heavy atom. The Morgan fingerprint density at radius 3 is 2.55 bits per heavy atom. The summed E-state index contributed by atoms with van der Waals surface area (Å²) in [6, 6.07) is 0. The molecule has 0 amide bonds. The largest absolute Gasteiger partial charge is 0.367 e. The minimum absolute atomic E-state index is 0.0162. The van der Waals surface area contributed by atoms with Crippen molar-refractivity contribution in [3.8, 4) is 0 Å². The monoisotopic (exact) mass is 268 g/mol. The Bertz CT molecular complexity index is 145. The van der Waals surface area contributed by atoms with E-state index in [4.69, 9.17) is 10.2 Å². The first kappa shape index (κ1) is 9.48. The van der Waals surface area contributed by atoms with Gasteiger partial charge in [-0.1, -0.05) is 34.7 Å². The molecule has 1 rings (SSSR count). The summed E-state index contributed by atoms with van der Waals surface area (Å²) in [5.74, 6) is 0.445. The van der Waals surface area contributed by atoms with Crippen molar-refractivity contribution in [2.24, 2.45) is 5.92 Å². The van der Waals surface area contributed by atoms with Gasteiger partial charge >= 0.3 is 0 Å². The highest BCUT2D eigenvalue weighted by molar-refractivity contribution is 14.1. The summed E-state index contributed by atoms with van der Waals surface area (Å²) in [6.45, 7) is 0. The van der Waals surface area contributed by atoms with Crippen LogP contribution in [0, 0.1) is 5.92 Å². The van der Waals surface area contributed by atoms with E-state index in [1.165, 1.54) is 0 Å². The maximum absolute atomic E-state index is 8.90. The normalized spacial score (nSPS) is 27.5. The van der Waals surface area contributed by atoms with Gasteiger partial charge in [-0.3, -0.25) is 0 Å². The molecule has 0 aromatic carbocycles. The first-order valence-corrected chi connectivity index (χ1v) is 5.11. The van der Waals surface area contributed by atoms with Crippen molar-refractivity contribution in [2.75, 3.05) is 0 Å². The molecule has 11 heavy (non-hydrogen) atoms. The summed E-state index contributed by atoms with van der Waals surface area (Å²) in [6.07, 6.45) is 6.28. The second-order valence-electron chi connectivity index (χ2n) is 2.90. The van der Waals surface area contributed by atoms with E-state index in [9.17, 15) is 0 Å². The van der Waals surface area contributed by atoms with Crippen LogP contribution in [-0.2, 0) is 0 Å². The lowest BCUT2D eigenvalue weighted by molar-refractivity contribution is -0.0467. The van der Waals surface area contributed by atoms with E-state index in [1.807, 2.05) is 0 Å². The third kappa shape index (κ3) is 2.72. The molecule has 0 bridgehead atoms. The zero-order valence-electron chi connectivity index (χ0n) is 6.28. The van der Waals surface area contributed by atoms with Crippen LogP contribution >= 0.6 is 22.6 Å². The molecule has 1 aliphatic carbocycles. The number of halogens is 1. The molecule has 0 saturated heterocycles. The molecule has 2 unspecified atom stereocenters. The standard InChI is InChI=1S/C8H13IO2/c9-7(8(10)11)6-4-2-1-3-5-6/h1-2,6-8,10-11H,3-5H2. The summed E-state index contributed by atoms with van der Waals surface area (Å²) >= 11 is 2.12. The molecular weight excluding hydrogens is 255 g/mol. The molecule has 0 aromatic heterocycles. The Morgan fingerprint density at radius 2 is 2.09 bits per heavy atom. The molecule has 0 aromatic rings. The second kappa shape index (κ2) is 4.42. The quantitative estimate of drug-likeness (QED) is 0.344. The van der Waals surface area contributed by atoms with E-state index in [-0.39, 0.29) is 3.92 Å². The van der Waals surface area contributed by atoms with Crippen LogP contribution in [0.3, 0.4) is 0 Å². The first-order valence-electron chi connectivity index (χ1n) is 3.87. The van der Waals surface area contributed by atoms with Crippen LogP contribution in [0.1, 0.15) is 19.3 Å². The minimum Gasteiger partial charge on any atom is -0.367 e. The van der Waals surface area contributed by atoms with Gasteiger partial charge in [0.05, 0.1) is 3.92 Å². The Labute approximate surface area is 80.4 Å². The lowest BCUT2D eigenvalue weighted by Gasteiger charge is -2.24. The molecule has 64 valence electrons. The molecule has 0 fully saturated rings. The van der Waals surface area contributed by atoms with Crippen LogP contribution in [-0.4, -0.2) is 20.4 Å². The lowest BCUT2D eigenvalue weighted by Crippen LogP contribution is -2.28. The van der Waals surface area contributed by atoms with Gasteiger partial charge in [0, 0.05) is 0 Å². The maximum Gasteiger partial charge on any atom is 0.163 e. The fourth-order valence-corrected chi connectivity index (χ4v) is 2.00. The second-order valence-corrected chi connectivity index (χ2v) is 4.34. The molecule has 3 heteroatoms. The van der Waals surface area contributed by atoms with Crippen molar-refractivity contribution in [1.29, 1.82) is 0 Å². The van der Waals surface area contributed by atoms with Crippen LogP contribution in [0.4, 0.5) is 0 Å². The highest BCUT2D eigenvalue weighted by Crippen LogP contribution is 2.28. The van der Waals surface area contributed by atoms with Gasteiger partial charge in [0.1, 0.15) is 0 Å². The number of aliphatic hydroxyl groups excluding tert-OH is 1. The summed E-state index contributed by atoms with van der Waals surface area (Å²) in [4.78, 5) is 0. The molecular formula is C8H13IO2. The zero-order chi connectivity index (χ0) is 8.27. The fraction of sp³-hybridized carbons (Fsp3) is 0.750. The third-order valence-corrected chi connectivity index (χ3v) is 3.71. The van der Waals surface area contributed by atoms with Gasteiger partial charge in [-0.05, 0) is 25.2 Å². The van der Waals surface area contributed by atoms with Gasteiger partial charge in [-0.25, -0.2) is 0 Å². The van der Waals surface area contributed by atoms with E-state index in [1.54, 1.807) is 0 Å². The summed E-state index contributed by atoms with van der Waals surface area (Å²) < 4.78 is -0.0162. The number of allylic oxidation sites excluding steroid dienone is 2. The molecule has 0 aliphatic heterocycles. The van der Waals surface area contributed by atoms with E-state index in [0.717, 1.165) is 19.3 Å². The smallest absolute Gasteiger partial charge is 0.163 e. The Hall–Kier alpha value is 0.390. The molecule has 1 aliphatic rings.